The fraction of sp³-hybridized carbons (Fsp3) is 0.579. The molecule has 1 aliphatic carbocycles. The van der Waals surface area contributed by atoms with Crippen LogP contribution in [0, 0.1) is 0 Å². The van der Waals surface area contributed by atoms with Gasteiger partial charge >= 0.3 is 0 Å². The Hall–Kier alpha value is -1.53. The normalized spacial score (nSPS) is 26.3. The van der Waals surface area contributed by atoms with Crippen LogP contribution in [0.25, 0.3) is 0 Å². The zero-order valence-electron chi connectivity index (χ0n) is 15.3. The third-order valence-corrected chi connectivity index (χ3v) is 6.27. The molecule has 2 aromatic heterocycles. The minimum atomic E-state index is 0.312. The molecule has 1 aliphatic heterocycles. The van der Waals surface area contributed by atoms with E-state index in [2.05, 4.69) is 55.4 Å². The number of anilines is 1. The van der Waals surface area contributed by atoms with E-state index in [1.807, 2.05) is 22.2 Å². The molecule has 3 heterocycles. The van der Waals surface area contributed by atoms with Gasteiger partial charge in [-0.15, -0.1) is 0 Å². The van der Waals surface area contributed by atoms with Gasteiger partial charge in [-0.3, -0.25) is 4.68 Å². The SMILES string of the molecule is CN(C)C1CCC(c2cnc3c(c2)C(c2cnn(C)c2)CN3S)CC1. The van der Waals surface area contributed by atoms with Gasteiger partial charge in [0.05, 0.1) is 6.20 Å². The van der Waals surface area contributed by atoms with Crippen LogP contribution in [0.15, 0.2) is 24.7 Å². The van der Waals surface area contributed by atoms with E-state index in [0.717, 1.165) is 18.4 Å². The fourth-order valence-electron chi connectivity index (χ4n) is 4.38. The molecule has 2 aromatic rings. The van der Waals surface area contributed by atoms with Crippen molar-refractivity contribution in [2.75, 3.05) is 24.9 Å². The minimum Gasteiger partial charge on any atom is -0.306 e. The molecule has 5 nitrogen and oxygen atoms in total. The molecule has 0 radical (unpaired) electrons. The first-order valence-corrected chi connectivity index (χ1v) is 9.54. The van der Waals surface area contributed by atoms with E-state index in [1.54, 1.807) is 0 Å². The number of thiol groups is 1. The quantitative estimate of drug-likeness (QED) is 0.856. The highest BCUT2D eigenvalue weighted by atomic mass is 32.1. The Morgan fingerprint density at radius 2 is 1.88 bits per heavy atom. The molecule has 1 unspecified atom stereocenters. The number of nitrogens with zero attached hydrogens (tertiary/aromatic N) is 5. The highest BCUT2D eigenvalue weighted by molar-refractivity contribution is 7.81. The molecule has 0 amide bonds. The van der Waals surface area contributed by atoms with Crippen molar-refractivity contribution in [2.45, 2.75) is 43.6 Å². The summed E-state index contributed by atoms with van der Waals surface area (Å²) in [6, 6.07) is 3.12. The van der Waals surface area contributed by atoms with Crippen molar-refractivity contribution < 1.29 is 0 Å². The summed E-state index contributed by atoms with van der Waals surface area (Å²) in [5, 5.41) is 4.34. The van der Waals surface area contributed by atoms with E-state index in [0.29, 0.717) is 11.8 Å². The fourth-order valence-corrected chi connectivity index (χ4v) is 4.71. The van der Waals surface area contributed by atoms with Gasteiger partial charge in [0, 0.05) is 43.5 Å². The molecule has 1 saturated carbocycles. The zero-order chi connectivity index (χ0) is 17.6. The first-order valence-electron chi connectivity index (χ1n) is 9.14. The van der Waals surface area contributed by atoms with Crippen LogP contribution in [0.4, 0.5) is 5.82 Å². The van der Waals surface area contributed by atoms with Crippen molar-refractivity contribution in [1.29, 1.82) is 0 Å². The molecule has 0 spiro atoms. The standard InChI is InChI=1S/C19H27N5S/c1-22(2)16-6-4-13(5-7-16)14-8-17-18(15-10-21-23(3)11-15)12-24(25)19(17)20-9-14/h8-11,13,16,18,25H,4-7,12H2,1-3H3. The van der Waals surface area contributed by atoms with E-state index in [9.17, 15) is 0 Å². The average Bonchev–Trinajstić information content (AvgIpc) is 3.18. The largest absolute Gasteiger partial charge is 0.306 e. The lowest BCUT2D eigenvalue weighted by atomic mass is 9.81. The molecule has 1 fully saturated rings. The van der Waals surface area contributed by atoms with Gasteiger partial charge < -0.3 is 9.21 Å². The van der Waals surface area contributed by atoms with Crippen LogP contribution in [0.3, 0.4) is 0 Å². The molecule has 6 heteroatoms. The van der Waals surface area contributed by atoms with E-state index in [4.69, 9.17) is 4.98 Å². The van der Waals surface area contributed by atoms with E-state index in [1.165, 1.54) is 42.4 Å². The molecule has 0 N–H and O–H groups in total. The molecule has 0 aromatic carbocycles. The Morgan fingerprint density at radius 3 is 2.52 bits per heavy atom. The summed E-state index contributed by atoms with van der Waals surface area (Å²) in [5.74, 6) is 1.95. The molecule has 0 bridgehead atoms. The molecular formula is C19H27N5S. The van der Waals surface area contributed by atoms with Crippen molar-refractivity contribution in [3.8, 4) is 0 Å². The second-order valence-corrected chi connectivity index (χ2v) is 8.22. The summed E-state index contributed by atoms with van der Waals surface area (Å²) >= 11 is 4.62. The second kappa shape index (κ2) is 6.65. The maximum Gasteiger partial charge on any atom is 0.142 e. The summed E-state index contributed by atoms with van der Waals surface area (Å²) in [5.41, 5.74) is 3.94. The minimum absolute atomic E-state index is 0.312. The molecule has 25 heavy (non-hydrogen) atoms. The number of hydrogen-bond donors (Lipinski definition) is 1. The molecule has 1 atom stereocenters. The summed E-state index contributed by atoms with van der Waals surface area (Å²) in [7, 11) is 6.36. The summed E-state index contributed by atoms with van der Waals surface area (Å²) in [6.45, 7) is 0.855. The maximum absolute atomic E-state index is 4.76. The topological polar surface area (TPSA) is 37.2 Å². The Morgan fingerprint density at radius 1 is 1.12 bits per heavy atom. The van der Waals surface area contributed by atoms with Crippen molar-refractivity contribution in [1.82, 2.24) is 19.7 Å². The molecule has 4 rings (SSSR count). The first-order chi connectivity index (χ1) is 12.0. The second-order valence-electron chi connectivity index (χ2n) is 7.73. The van der Waals surface area contributed by atoms with Crippen molar-refractivity contribution in [3.63, 3.8) is 0 Å². The van der Waals surface area contributed by atoms with Gasteiger partial charge in [-0.1, -0.05) is 12.8 Å². The Kier molecular flexibility index (Phi) is 4.50. The van der Waals surface area contributed by atoms with Crippen LogP contribution in [0.1, 0.15) is 54.2 Å². The summed E-state index contributed by atoms with van der Waals surface area (Å²) in [6.07, 6.45) is 11.2. The smallest absolute Gasteiger partial charge is 0.142 e. The van der Waals surface area contributed by atoms with Crippen molar-refractivity contribution in [3.05, 3.63) is 41.3 Å². The highest BCUT2D eigenvalue weighted by Gasteiger charge is 2.32. The lowest BCUT2D eigenvalue weighted by Crippen LogP contribution is -2.31. The Labute approximate surface area is 155 Å². The van der Waals surface area contributed by atoms with Gasteiger partial charge in [-0.2, -0.15) is 5.10 Å². The predicted molar refractivity (Wildman–Crippen MR) is 104 cm³/mol. The molecule has 2 aliphatic rings. The van der Waals surface area contributed by atoms with Crippen LogP contribution in [0.2, 0.25) is 0 Å². The van der Waals surface area contributed by atoms with Crippen LogP contribution in [0.5, 0.6) is 0 Å². The third kappa shape index (κ3) is 3.17. The number of hydrogen-bond acceptors (Lipinski definition) is 5. The number of rotatable bonds is 3. The summed E-state index contributed by atoms with van der Waals surface area (Å²) < 4.78 is 3.84. The number of fused-ring (bicyclic) bond motifs is 1. The monoisotopic (exact) mass is 357 g/mol. The van der Waals surface area contributed by atoms with E-state index in [-0.39, 0.29) is 0 Å². The number of aromatic nitrogens is 3. The van der Waals surface area contributed by atoms with E-state index >= 15 is 0 Å². The van der Waals surface area contributed by atoms with Crippen molar-refractivity contribution in [2.24, 2.45) is 7.05 Å². The number of pyridine rings is 1. The van der Waals surface area contributed by atoms with Crippen molar-refractivity contribution >= 4 is 18.6 Å². The third-order valence-electron chi connectivity index (χ3n) is 5.92. The zero-order valence-corrected chi connectivity index (χ0v) is 16.2. The van der Waals surface area contributed by atoms with Gasteiger partial charge in [-0.25, -0.2) is 4.98 Å². The Balaban J connectivity index is 1.59. The predicted octanol–water partition coefficient (Wildman–Crippen LogP) is 3.20. The highest BCUT2D eigenvalue weighted by Crippen LogP contribution is 2.42. The molecule has 134 valence electrons. The van der Waals surface area contributed by atoms with Crippen LogP contribution in [-0.4, -0.2) is 46.3 Å². The first kappa shape index (κ1) is 16.9. The van der Waals surface area contributed by atoms with Gasteiger partial charge in [0.25, 0.3) is 0 Å². The van der Waals surface area contributed by atoms with Gasteiger partial charge in [0.15, 0.2) is 0 Å². The number of aryl methyl sites for hydroxylation is 1. The Bertz CT molecular complexity index is 748. The lowest BCUT2D eigenvalue weighted by molar-refractivity contribution is 0.216. The van der Waals surface area contributed by atoms with E-state index < -0.39 is 0 Å². The van der Waals surface area contributed by atoms with Crippen LogP contribution in [-0.2, 0) is 7.05 Å². The average molecular weight is 358 g/mol. The van der Waals surface area contributed by atoms with Crippen LogP contribution < -0.4 is 4.31 Å². The van der Waals surface area contributed by atoms with Crippen LogP contribution >= 0.6 is 12.8 Å². The van der Waals surface area contributed by atoms with Gasteiger partial charge in [0.2, 0.25) is 0 Å². The molecular weight excluding hydrogens is 330 g/mol. The van der Waals surface area contributed by atoms with Gasteiger partial charge in [-0.05, 0) is 62.9 Å². The lowest BCUT2D eigenvalue weighted by Gasteiger charge is -2.32. The van der Waals surface area contributed by atoms with Gasteiger partial charge in [0.1, 0.15) is 5.82 Å². The molecule has 0 saturated heterocycles. The summed E-state index contributed by atoms with van der Waals surface area (Å²) in [4.78, 5) is 7.13. The maximum atomic E-state index is 4.76.